The van der Waals surface area contributed by atoms with E-state index in [4.69, 9.17) is 5.73 Å². The van der Waals surface area contributed by atoms with Crippen LogP contribution < -0.4 is 10.6 Å². The van der Waals surface area contributed by atoms with Gasteiger partial charge in [-0.2, -0.15) is 5.26 Å². The second-order valence-electron chi connectivity index (χ2n) is 5.30. The summed E-state index contributed by atoms with van der Waals surface area (Å²) in [6.07, 6.45) is 2.67. The van der Waals surface area contributed by atoms with Crippen molar-refractivity contribution in [3.63, 3.8) is 0 Å². The zero-order valence-corrected chi connectivity index (χ0v) is 11.4. The molecule has 1 atom stereocenters. The number of pyridine rings is 1. The molecule has 2 N–H and O–H groups in total. The van der Waals surface area contributed by atoms with Crippen molar-refractivity contribution in [2.45, 2.75) is 13.3 Å². The Morgan fingerprint density at radius 2 is 2.20 bits per heavy atom. The summed E-state index contributed by atoms with van der Waals surface area (Å²) in [6.45, 7) is 3.08. The lowest BCUT2D eigenvalue weighted by Gasteiger charge is -2.34. The molecular weight excluding hydrogens is 248 g/mol. The third kappa shape index (κ3) is 2.08. The molecule has 0 bridgehead atoms. The molecule has 0 fully saturated rings. The molecule has 20 heavy (non-hydrogen) atoms. The second-order valence-corrected chi connectivity index (χ2v) is 5.30. The summed E-state index contributed by atoms with van der Waals surface area (Å²) in [6, 6.07) is 12.2. The smallest absolute Gasteiger partial charge is 0.151 e. The number of para-hydroxylation sites is 1. The minimum Gasteiger partial charge on any atom is -0.397 e. The van der Waals surface area contributed by atoms with Crippen LogP contribution in [0.2, 0.25) is 0 Å². The van der Waals surface area contributed by atoms with Gasteiger partial charge in [0.15, 0.2) is 5.82 Å². The summed E-state index contributed by atoms with van der Waals surface area (Å²) in [4.78, 5) is 6.51. The van der Waals surface area contributed by atoms with Crippen LogP contribution in [0.4, 0.5) is 17.2 Å². The molecule has 1 aromatic heterocycles. The number of nitrogen functional groups attached to an aromatic ring is 1. The zero-order valence-electron chi connectivity index (χ0n) is 11.4. The summed E-state index contributed by atoms with van der Waals surface area (Å²) in [5.74, 6) is 1.22. The van der Waals surface area contributed by atoms with Gasteiger partial charge in [0, 0.05) is 12.2 Å². The molecule has 2 aromatic rings. The topological polar surface area (TPSA) is 65.9 Å². The van der Waals surface area contributed by atoms with E-state index >= 15 is 0 Å². The lowest BCUT2D eigenvalue weighted by Crippen LogP contribution is -2.31. The van der Waals surface area contributed by atoms with Crippen molar-refractivity contribution in [3.8, 4) is 6.07 Å². The average Bonchev–Trinajstić information content (AvgIpc) is 2.46. The Labute approximate surface area is 118 Å². The van der Waals surface area contributed by atoms with Crippen LogP contribution in [0, 0.1) is 17.2 Å². The van der Waals surface area contributed by atoms with Gasteiger partial charge in [-0.15, -0.1) is 0 Å². The monoisotopic (exact) mass is 264 g/mol. The average molecular weight is 264 g/mol. The predicted molar refractivity (Wildman–Crippen MR) is 79.7 cm³/mol. The van der Waals surface area contributed by atoms with E-state index in [1.807, 2.05) is 6.07 Å². The van der Waals surface area contributed by atoms with Crippen LogP contribution in [0.3, 0.4) is 0 Å². The van der Waals surface area contributed by atoms with Crippen LogP contribution in [-0.4, -0.2) is 11.5 Å². The van der Waals surface area contributed by atoms with Crippen molar-refractivity contribution >= 4 is 17.2 Å². The van der Waals surface area contributed by atoms with Crippen molar-refractivity contribution < 1.29 is 0 Å². The predicted octanol–water partition coefficient (Wildman–Crippen LogP) is 2.87. The number of hydrogen-bond acceptors (Lipinski definition) is 4. The number of aromatic nitrogens is 1. The van der Waals surface area contributed by atoms with Crippen molar-refractivity contribution in [2.24, 2.45) is 5.92 Å². The largest absolute Gasteiger partial charge is 0.397 e. The molecule has 100 valence electrons. The molecule has 1 aromatic carbocycles. The highest BCUT2D eigenvalue weighted by molar-refractivity contribution is 5.71. The molecule has 2 heterocycles. The van der Waals surface area contributed by atoms with Crippen molar-refractivity contribution in [1.29, 1.82) is 5.26 Å². The summed E-state index contributed by atoms with van der Waals surface area (Å²) in [5, 5.41) is 9.32. The first-order valence-electron chi connectivity index (χ1n) is 6.70. The number of hydrogen-bond donors (Lipinski definition) is 1. The molecule has 0 saturated heterocycles. The number of anilines is 3. The Balaban J connectivity index is 2.14. The fourth-order valence-corrected chi connectivity index (χ4v) is 2.77. The van der Waals surface area contributed by atoms with Crippen LogP contribution >= 0.6 is 0 Å². The number of fused-ring (bicyclic) bond motifs is 1. The van der Waals surface area contributed by atoms with E-state index < -0.39 is 0 Å². The molecule has 1 unspecified atom stereocenters. The molecule has 1 aliphatic heterocycles. The third-order valence-corrected chi connectivity index (χ3v) is 3.61. The standard InChI is InChI=1S/C16H16N4/c1-11-6-12-4-2-3-5-15(12)20(10-11)16-13(8-17)7-14(18)9-19-16/h2-5,7,9,11H,6,10,18H2,1H3. The van der Waals surface area contributed by atoms with Gasteiger partial charge in [-0.25, -0.2) is 4.98 Å². The normalized spacial score (nSPS) is 17.4. The van der Waals surface area contributed by atoms with E-state index in [0.29, 0.717) is 23.0 Å². The van der Waals surface area contributed by atoms with Gasteiger partial charge in [0.05, 0.1) is 17.4 Å². The highest BCUT2D eigenvalue weighted by Crippen LogP contribution is 2.35. The molecule has 4 nitrogen and oxygen atoms in total. The van der Waals surface area contributed by atoms with E-state index in [1.165, 1.54) is 5.56 Å². The third-order valence-electron chi connectivity index (χ3n) is 3.61. The zero-order chi connectivity index (χ0) is 14.1. The molecule has 0 radical (unpaired) electrons. The lowest BCUT2D eigenvalue weighted by atomic mass is 9.93. The fourth-order valence-electron chi connectivity index (χ4n) is 2.77. The minimum atomic E-state index is 0.517. The highest BCUT2D eigenvalue weighted by Gasteiger charge is 2.25. The molecule has 0 saturated carbocycles. The summed E-state index contributed by atoms with van der Waals surface area (Å²) >= 11 is 0. The molecule has 1 aliphatic rings. The van der Waals surface area contributed by atoms with Crippen LogP contribution in [0.15, 0.2) is 36.5 Å². The summed E-state index contributed by atoms with van der Waals surface area (Å²) in [5.41, 5.74) is 9.20. The molecule has 0 aliphatic carbocycles. The van der Waals surface area contributed by atoms with Gasteiger partial charge in [0.2, 0.25) is 0 Å². The van der Waals surface area contributed by atoms with Gasteiger partial charge in [-0.05, 0) is 30.0 Å². The van der Waals surface area contributed by atoms with E-state index in [2.05, 4.69) is 41.1 Å². The van der Waals surface area contributed by atoms with Gasteiger partial charge in [0.1, 0.15) is 6.07 Å². The highest BCUT2D eigenvalue weighted by atomic mass is 15.2. The van der Waals surface area contributed by atoms with Gasteiger partial charge in [-0.1, -0.05) is 25.1 Å². The maximum atomic E-state index is 9.32. The first kappa shape index (κ1) is 12.5. The maximum Gasteiger partial charge on any atom is 0.151 e. The van der Waals surface area contributed by atoms with Gasteiger partial charge in [0.25, 0.3) is 0 Å². The van der Waals surface area contributed by atoms with Crippen molar-refractivity contribution in [3.05, 3.63) is 47.7 Å². The fraction of sp³-hybridized carbons (Fsp3) is 0.250. The van der Waals surface area contributed by atoms with Gasteiger partial charge >= 0.3 is 0 Å². The van der Waals surface area contributed by atoms with E-state index in [-0.39, 0.29) is 0 Å². The van der Waals surface area contributed by atoms with Crippen LogP contribution in [0.1, 0.15) is 18.1 Å². The molecule has 0 spiro atoms. The SMILES string of the molecule is CC1Cc2ccccc2N(c2ncc(N)cc2C#N)C1. The van der Waals surface area contributed by atoms with Gasteiger partial charge in [-0.3, -0.25) is 0 Å². The minimum absolute atomic E-state index is 0.517. The number of rotatable bonds is 1. The van der Waals surface area contributed by atoms with Crippen LogP contribution in [0.5, 0.6) is 0 Å². The Kier molecular flexibility index (Phi) is 3.03. The lowest BCUT2D eigenvalue weighted by molar-refractivity contribution is 0.560. The summed E-state index contributed by atoms with van der Waals surface area (Å²) in [7, 11) is 0. The Hall–Kier alpha value is -2.54. The van der Waals surface area contributed by atoms with Crippen molar-refractivity contribution in [2.75, 3.05) is 17.2 Å². The molecule has 0 amide bonds. The second kappa shape index (κ2) is 4.86. The van der Waals surface area contributed by atoms with Crippen molar-refractivity contribution in [1.82, 2.24) is 4.98 Å². The number of benzene rings is 1. The van der Waals surface area contributed by atoms with Crippen LogP contribution in [-0.2, 0) is 6.42 Å². The van der Waals surface area contributed by atoms with E-state index in [0.717, 1.165) is 18.7 Å². The maximum absolute atomic E-state index is 9.32. The Morgan fingerprint density at radius 1 is 1.40 bits per heavy atom. The molecule has 3 rings (SSSR count). The quantitative estimate of drug-likeness (QED) is 0.860. The first-order valence-corrected chi connectivity index (χ1v) is 6.70. The number of nitriles is 1. The first-order chi connectivity index (χ1) is 9.69. The molecule has 4 heteroatoms. The van der Waals surface area contributed by atoms with E-state index in [1.54, 1.807) is 12.3 Å². The van der Waals surface area contributed by atoms with Crippen LogP contribution in [0.25, 0.3) is 0 Å². The van der Waals surface area contributed by atoms with Gasteiger partial charge < -0.3 is 10.6 Å². The number of nitrogens with zero attached hydrogens (tertiary/aromatic N) is 3. The Morgan fingerprint density at radius 3 is 3.00 bits per heavy atom. The molecular formula is C16H16N4. The Bertz CT molecular complexity index is 687. The number of nitrogens with two attached hydrogens (primary N) is 1. The van der Waals surface area contributed by atoms with E-state index in [9.17, 15) is 5.26 Å². The summed E-state index contributed by atoms with van der Waals surface area (Å²) < 4.78 is 0.